The number of aromatic nitrogens is 1. The van der Waals surface area contributed by atoms with Crippen molar-refractivity contribution >= 4 is 33.4 Å². The van der Waals surface area contributed by atoms with E-state index in [-0.39, 0.29) is 10.8 Å². The zero-order valence-electron chi connectivity index (χ0n) is 17.2. The topological polar surface area (TPSA) is 97.4 Å². The molecule has 0 spiro atoms. The fourth-order valence-corrected chi connectivity index (χ4v) is 4.41. The molecule has 1 heterocycles. The monoisotopic (exact) mass is 457 g/mol. The molecule has 0 radical (unpaired) electrons. The highest BCUT2D eigenvalue weighted by molar-refractivity contribution is 7.99. The predicted octanol–water partition coefficient (Wildman–Crippen LogP) is 4.18. The Morgan fingerprint density at radius 1 is 1.03 bits per heavy atom. The molecule has 2 aromatic carbocycles. The number of amides is 1. The van der Waals surface area contributed by atoms with Crippen LogP contribution in [-0.4, -0.2) is 33.0 Å². The predicted molar refractivity (Wildman–Crippen MR) is 121 cm³/mol. The first-order chi connectivity index (χ1) is 14.9. The first kappa shape index (κ1) is 22.6. The number of carbonyl (C=O) groups is 1. The average molecular weight is 458 g/mol. The summed E-state index contributed by atoms with van der Waals surface area (Å²) >= 11 is 1.42. The minimum atomic E-state index is -3.69. The quantitative estimate of drug-likeness (QED) is 0.500. The molecule has 3 rings (SSSR count). The second-order valence-electron chi connectivity index (χ2n) is 6.55. The molecule has 3 aromatic rings. The summed E-state index contributed by atoms with van der Waals surface area (Å²) in [5.74, 6) is 0.447. The van der Waals surface area contributed by atoms with E-state index in [2.05, 4.69) is 15.0 Å². The molecule has 2 N–H and O–H groups in total. The van der Waals surface area contributed by atoms with Crippen molar-refractivity contribution in [2.75, 3.05) is 18.4 Å². The van der Waals surface area contributed by atoms with Gasteiger partial charge in [0.25, 0.3) is 15.9 Å². The maximum absolute atomic E-state index is 12.5. The van der Waals surface area contributed by atoms with Gasteiger partial charge >= 0.3 is 0 Å². The molecule has 0 aliphatic rings. The van der Waals surface area contributed by atoms with Crippen molar-refractivity contribution in [2.45, 2.75) is 28.2 Å². The van der Waals surface area contributed by atoms with Crippen LogP contribution in [0.2, 0.25) is 0 Å². The van der Waals surface area contributed by atoms with E-state index in [9.17, 15) is 13.2 Å². The lowest BCUT2D eigenvalue weighted by Gasteiger charge is -2.09. The Labute approximate surface area is 186 Å². The number of ether oxygens (including phenoxy) is 1. The number of sulfonamides is 1. The molecule has 1 amide bonds. The van der Waals surface area contributed by atoms with Gasteiger partial charge in [0, 0.05) is 23.3 Å². The number of anilines is 1. The van der Waals surface area contributed by atoms with Gasteiger partial charge in [0.2, 0.25) is 0 Å². The van der Waals surface area contributed by atoms with Gasteiger partial charge in [-0.25, -0.2) is 13.4 Å². The van der Waals surface area contributed by atoms with Crippen LogP contribution in [0.25, 0.3) is 0 Å². The van der Waals surface area contributed by atoms with Crippen molar-refractivity contribution in [3.8, 4) is 5.75 Å². The van der Waals surface area contributed by atoms with Gasteiger partial charge < -0.3 is 10.1 Å². The lowest BCUT2D eigenvalue weighted by molar-refractivity contribution is 0.0953. The van der Waals surface area contributed by atoms with E-state index >= 15 is 0 Å². The van der Waals surface area contributed by atoms with Crippen LogP contribution in [0.1, 0.15) is 23.7 Å². The molecule has 0 aliphatic carbocycles. The Kier molecular flexibility index (Phi) is 7.54. The minimum absolute atomic E-state index is 0.139. The van der Waals surface area contributed by atoms with Gasteiger partial charge in [-0.15, -0.1) is 0 Å². The third-order valence-electron chi connectivity index (χ3n) is 4.23. The van der Waals surface area contributed by atoms with Gasteiger partial charge in [0.05, 0.1) is 17.6 Å². The lowest BCUT2D eigenvalue weighted by atomic mass is 10.2. The van der Waals surface area contributed by atoms with Crippen LogP contribution in [-0.2, 0) is 10.0 Å². The van der Waals surface area contributed by atoms with Crippen molar-refractivity contribution in [3.05, 3.63) is 72.4 Å². The summed E-state index contributed by atoms with van der Waals surface area (Å²) < 4.78 is 32.7. The standard InChI is InChI=1S/C22H23N3O4S2/c1-3-14-23-22(26)16-4-13-21(24-15-16)30-19-9-5-17(6-10-19)25-31(27,28)20-11-7-18(29-2)8-12-20/h4-13,15,25H,3,14H2,1-2H3,(H,23,26). The molecule has 0 atom stereocenters. The summed E-state index contributed by atoms with van der Waals surface area (Å²) in [6, 6.07) is 16.7. The first-order valence-corrected chi connectivity index (χ1v) is 11.9. The molecular formula is C22H23N3O4S2. The number of hydrogen-bond donors (Lipinski definition) is 2. The smallest absolute Gasteiger partial charge is 0.261 e. The van der Waals surface area contributed by atoms with E-state index in [1.165, 1.54) is 31.0 Å². The van der Waals surface area contributed by atoms with Crippen LogP contribution in [0.5, 0.6) is 5.75 Å². The van der Waals surface area contributed by atoms with Gasteiger partial charge in [-0.05, 0) is 67.1 Å². The zero-order chi connectivity index (χ0) is 22.3. The molecule has 0 aliphatic heterocycles. The summed E-state index contributed by atoms with van der Waals surface area (Å²) in [6.07, 6.45) is 2.42. The van der Waals surface area contributed by atoms with Crippen molar-refractivity contribution < 1.29 is 17.9 Å². The first-order valence-electron chi connectivity index (χ1n) is 9.60. The second-order valence-corrected chi connectivity index (χ2v) is 9.32. The van der Waals surface area contributed by atoms with Gasteiger partial charge in [0.15, 0.2) is 0 Å². The molecule has 31 heavy (non-hydrogen) atoms. The molecule has 0 saturated heterocycles. The van der Waals surface area contributed by atoms with Gasteiger partial charge in [-0.3, -0.25) is 9.52 Å². The van der Waals surface area contributed by atoms with E-state index in [1.54, 1.807) is 54.7 Å². The lowest BCUT2D eigenvalue weighted by Crippen LogP contribution is -2.23. The van der Waals surface area contributed by atoms with Crippen molar-refractivity contribution in [3.63, 3.8) is 0 Å². The third kappa shape index (κ3) is 6.22. The van der Waals surface area contributed by atoms with Gasteiger partial charge in [-0.1, -0.05) is 18.7 Å². The summed E-state index contributed by atoms with van der Waals surface area (Å²) in [6.45, 7) is 2.62. The second kappa shape index (κ2) is 10.3. The van der Waals surface area contributed by atoms with E-state index in [4.69, 9.17) is 4.74 Å². The number of methoxy groups -OCH3 is 1. The minimum Gasteiger partial charge on any atom is -0.497 e. The van der Waals surface area contributed by atoms with E-state index < -0.39 is 10.0 Å². The van der Waals surface area contributed by atoms with Gasteiger partial charge in [-0.2, -0.15) is 0 Å². The SMILES string of the molecule is CCCNC(=O)c1ccc(Sc2ccc(NS(=O)(=O)c3ccc(OC)cc3)cc2)nc1. The van der Waals surface area contributed by atoms with Crippen LogP contribution in [0.3, 0.4) is 0 Å². The van der Waals surface area contributed by atoms with E-state index in [1.807, 2.05) is 6.92 Å². The fourth-order valence-electron chi connectivity index (χ4n) is 2.60. The maximum atomic E-state index is 12.5. The summed E-state index contributed by atoms with van der Waals surface area (Å²) in [7, 11) is -2.17. The molecule has 7 nitrogen and oxygen atoms in total. The molecular weight excluding hydrogens is 434 g/mol. The van der Waals surface area contributed by atoms with Crippen LogP contribution < -0.4 is 14.8 Å². The van der Waals surface area contributed by atoms with Crippen molar-refractivity contribution in [1.29, 1.82) is 0 Å². The zero-order valence-corrected chi connectivity index (χ0v) is 18.8. The number of hydrogen-bond acceptors (Lipinski definition) is 6. The largest absolute Gasteiger partial charge is 0.497 e. The highest BCUT2D eigenvalue weighted by Gasteiger charge is 2.14. The fraction of sp³-hybridized carbons (Fsp3) is 0.182. The molecule has 0 saturated carbocycles. The van der Waals surface area contributed by atoms with Crippen molar-refractivity contribution in [1.82, 2.24) is 10.3 Å². The van der Waals surface area contributed by atoms with Crippen LogP contribution in [0.4, 0.5) is 5.69 Å². The molecule has 1 aromatic heterocycles. The van der Waals surface area contributed by atoms with Gasteiger partial charge in [0.1, 0.15) is 10.8 Å². The summed E-state index contributed by atoms with van der Waals surface area (Å²) in [4.78, 5) is 17.3. The van der Waals surface area contributed by atoms with Crippen molar-refractivity contribution in [2.24, 2.45) is 0 Å². The van der Waals surface area contributed by atoms with Crippen LogP contribution in [0.15, 0.2) is 81.7 Å². The number of benzene rings is 2. The molecule has 162 valence electrons. The number of rotatable bonds is 9. The van der Waals surface area contributed by atoms with E-state index in [0.29, 0.717) is 23.5 Å². The molecule has 9 heteroatoms. The van der Waals surface area contributed by atoms with E-state index in [0.717, 1.165) is 16.3 Å². The Morgan fingerprint density at radius 2 is 1.74 bits per heavy atom. The summed E-state index contributed by atoms with van der Waals surface area (Å²) in [5.41, 5.74) is 0.970. The molecule has 0 bridgehead atoms. The Balaban J connectivity index is 1.62. The molecule has 0 fully saturated rings. The third-order valence-corrected chi connectivity index (χ3v) is 6.59. The van der Waals surface area contributed by atoms with Crippen LogP contribution in [0, 0.1) is 0 Å². The highest BCUT2D eigenvalue weighted by Crippen LogP contribution is 2.28. The number of pyridine rings is 1. The Hall–Kier alpha value is -3.04. The average Bonchev–Trinajstić information content (AvgIpc) is 2.79. The Morgan fingerprint density at radius 3 is 2.32 bits per heavy atom. The normalized spacial score (nSPS) is 11.0. The number of nitrogens with one attached hydrogen (secondary N) is 2. The number of nitrogens with zero attached hydrogens (tertiary/aromatic N) is 1. The maximum Gasteiger partial charge on any atom is 0.261 e. The molecule has 0 unspecified atom stereocenters. The summed E-state index contributed by atoms with van der Waals surface area (Å²) in [5, 5.41) is 3.55. The highest BCUT2D eigenvalue weighted by atomic mass is 32.2. The van der Waals surface area contributed by atoms with Crippen LogP contribution >= 0.6 is 11.8 Å². The Bertz CT molecular complexity index is 1110. The number of carbonyl (C=O) groups excluding carboxylic acids is 1.